The molecule has 0 aromatic rings. The summed E-state index contributed by atoms with van der Waals surface area (Å²) in [7, 11) is 0. The van der Waals surface area contributed by atoms with Gasteiger partial charge in [-0.3, -0.25) is 0 Å². The molecule has 2 aliphatic carbocycles. The standard InChI is InChI=1S/C12H16O2/c1-2-10-9-12(13-7-8-14-12)11(10)5-3-4-6-11/h1,10H,3-9H2. The summed E-state index contributed by atoms with van der Waals surface area (Å²) in [5, 5.41) is 0. The third kappa shape index (κ3) is 0.809. The highest BCUT2D eigenvalue weighted by molar-refractivity contribution is 5.20. The fourth-order valence-corrected chi connectivity index (χ4v) is 3.62. The van der Waals surface area contributed by atoms with Crippen molar-refractivity contribution in [3.8, 4) is 12.3 Å². The van der Waals surface area contributed by atoms with Crippen LogP contribution in [0.15, 0.2) is 0 Å². The number of hydrogen-bond acceptors (Lipinski definition) is 2. The van der Waals surface area contributed by atoms with E-state index in [0.29, 0.717) is 5.92 Å². The number of rotatable bonds is 0. The third-order valence-corrected chi connectivity index (χ3v) is 4.35. The van der Waals surface area contributed by atoms with Gasteiger partial charge in [0.15, 0.2) is 5.79 Å². The second kappa shape index (κ2) is 2.74. The summed E-state index contributed by atoms with van der Waals surface area (Å²) in [5.74, 6) is 3.04. The summed E-state index contributed by atoms with van der Waals surface area (Å²) in [6.45, 7) is 1.50. The highest BCUT2D eigenvalue weighted by Crippen LogP contribution is 2.66. The van der Waals surface area contributed by atoms with Crippen LogP contribution in [-0.4, -0.2) is 19.0 Å². The summed E-state index contributed by atoms with van der Waals surface area (Å²) >= 11 is 0. The van der Waals surface area contributed by atoms with Crippen molar-refractivity contribution in [3.63, 3.8) is 0 Å². The van der Waals surface area contributed by atoms with Crippen molar-refractivity contribution in [1.29, 1.82) is 0 Å². The van der Waals surface area contributed by atoms with E-state index in [2.05, 4.69) is 5.92 Å². The van der Waals surface area contributed by atoms with Crippen molar-refractivity contribution in [1.82, 2.24) is 0 Å². The summed E-state index contributed by atoms with van der Waals surface area (Å²) in [6.07, 6.45) is 11.5. The smallest absolute Gasteiger partial charge is 0.176 e. The maximum Gasteiger partial charge on any atom is 0.176 e. The molecular formula is C12H16O2. The number of terminal acetylenes is 1. The molecule has 1 aliphatic heterocycles. The van der Waals surface area contributed by atoms with E-state index in [1.807, 2.05) is 0 Å². The van der Waals surface area contributed by atoms with Crippen molar-refractivity contribution in [2.45, 2.75) is 37.9 Å². The molecule has 3 aliphatic rings. The van der Waals surface area contributed by atoms with Gasteiger partial charge in [-0.2, -0.15) is 0 Å². The van der Waals surface area contributed by atoms with Gasteiger partial charge in [0.1, 0.15) is 0 Å². The molecule has 0 aromatic heterocycles. The Bertz CT molecular complexity index is 277. The SMILES string of the molecule is C#CC1CC2(OCCO2)C12CCCC2. The molecule has 0 amide bonds. The molecule has 1 unspecified atom stereocenters. The fourth-order valence-electron chi connectivity index (χ4n) is 3.62. The molecular weight excluding hydrogens is 176 g/mol. The van der Waals surface area contributed by atoms with E-state index in [1.165, 1.54) is 25.7 Å². The minimum Gasteiger partial charge on any atom is -0.347 e. The topological polar surface area (TPSA) is 18.5 Å². The molecule has 0 bridgehead atoms. The molecule has 1 heterocycles. The van der Waals surface area contributed by atoms with Gasteiger partial charge in [-0.1, -0.05) is 12.8 Å². The van der Waals surface area contributed by atoms with Crippen molar-refractivity contribution >= 4 is 0 Å². The lowest BCUT2D eigenvalue weighted by atomic mass is 9.54. The minimum absolute atomic E-state index is 0.179. The van der Waals surface area contributed by atoms with E-state index in [-0.39, 0.29) is 11.2 Å². The first-order valence-corrected chi connectivity index (χ1v) is 5.57. The van der Waals surface area contributed by atoms with Crippen LogP contribution in [0.4, 0.5) is 0 Å². The lowest BCUT2D eigenvalue weighted by molar-refractivity contribution is -0.315. The molecule has 3 fully saturated rings. The van der Waals surface area contributed by atoms with E-state index >= 15 is 0 Å². The average Bonchev–Trinajstić information content (AvgIpc) is 2.85. The summed E-state index contributed by atoms with van der Waals surface area (Å²) in [6, 6.07) is 0. The summed E-state index contributed by atoms with van der Waals surface area (Å²) in [5.41, 5.74) is 0.179. The van der Waals surface area contributed by atoms with Crippen LogP contribution in [0.3, 0.4) is 0 Å². The zero-order chi connectivity index (χ0) is 9.65. The van der Waals surface area contributed by atoms with Gasteiger partial charge in [-0.05, 0) is 12.8 Å². The van der Waals surface area contributed by atoms with E-state index in [9.17, 15) is 0 Å². The van der Waals surface area contributed by atoms with E-state index in [0.717, 1.165) is 19.6 Å². The highest BCUT2D eigenvalue weighted by atomic mass is 16.7. The number of ether oxygens (including phenoxy) is 2. The molecule has 1 atom stereocenters. The van der Waals surface area contributed by atoms with Crippen molar-refractivity contribution < 1.29 is 9.47 Å². The van der Waals surface area contributed by atoms with Crippen LogP contribution in [0.1, 0.15) is 32.1 Å². The van der Waals surface area contributed by atoms with Gasteiger partial charge in [0.25, 0.3) is 0 Å². The Morgan fingerprint density at radius 2 is 1.79 bits per heavy atom. The molecule has 76 valence electrons. The Hall–Kier alpha value is -0.520. The highest BCUT2D eigenvalue weighted by Gasteiger charge is 2.69. The van der Waals surface area contributed by atoms with Crippen LogP contribution >= 0.6 is 0 Å². The Balaban J connectivity index is 1.92. The van der Waals surface area contributed by atoms with Crippen molar-refractivity contribution in [2.75, 3.05) is 13.2 Å². The maximum atomic E-state index is 5.83. The maximum absolute atomic E-state index is 5.83. The van der Waals surface area contributed by atoms with E-state index in [1.54, 1.807) is 0 Å². The Labute approximate surface area is 85.0 Å². The first-order chi connectivity index (χ1) is 6.83. The molecule has 0 N–H and O–H groups in total. The lowest BCUT2D eigenvalue weighted by Gasteiger charge is -2.57. The van der Waals surface area contributed by atoms with Gasteiger partial charge < -0.3 is 9.47 Å². The number of fused-ring (bicyclic) bond motifs is 1. The predicted octanol–water partition coefficient (Wildman–Crippen LogP) is 1.94. The molecule has 2 heteroatoms. The van der Waals surface area contributed by atoms with Crippen LogP contribution in [0.5, 0.6) is 0 Å². The minimum atomic E-state index is -0.277. The second-order valence-electron chi connectivity index (χ2n) is 4.74. The van der Waals surface area contributed by atoms with Gasteiger partial charge in [-0.25, -0.2) is 0 Å². The fraction of sp³-hybridized carbons (Fsp3) is 0.833. The zero-order valence-electron chi connectivity index (χ0n) is 8.42. The molecule has 3 rings (SSSR count). The molecule has 2 nitrogen and oxygen atoms in total. The Morgan fingerprint density at radius 3 is 2.36 bits per heavy atom. The second-order valence-corrected chi connectivity index (χ2v) is 4.74. The van der Waals surface area contributed by atoms with Crippen LogP contribution in [0, 0.1) is 23.7 Å². The predicted molar refractivity (Wildman–Crippen MR) is 52.5 cm³/mol. The largest absolute Gasteiger partial charge is 0.347 e. The van der Waals surface area contributed by atoms with Crippen LogP contribution in [-0.2, 0) is 9.47 Å². The molecule has 0 aromatic carbocycles. The summed E-state index contributed by atoms with van der Waals surface area (Å²) in [4.78, 5) is 0. The van der Waals surface area contributed by atoms with E-state index in [4.69, 9.17) is 15.9 Å². The molecule has 2 spiro atoms. The van der Waals surface area contributed by atoms with Crippen molar-refractivity contribution in [3.05, 3.63) is 0 Å². The monoisotopic (exact) mass is 192 g/mol. The molecule has 14 heavy (non-hydrogen) atoms. The van der Waals surface area contributed by atoms with Crippen LogP contribution < -0.4 is 0 Å². The zero-order valence-corrected chi connectivity index (χ0v) is 8.42. The van der Waals surface area contributed by atoms with Crippen LogP contribution in [0.25, 0.3) is 0 Å². The quantitative estimate of drug-likeness (QED) is 0.546. The van der Waals surface area contributed by atoms with Crippen LogP contribution in [0.2, 0.25) is 0 Å². The first kappa shape index (κ1) is 8.76. The normalized spacial score (nSPS) is 37.2. The van der Waals surface area contributed by atoms with Gasteiger partial charge >= 0.3 is 0 Å². The van der Waals surface area contributed by atoms with Gasteiger partial charge in [0.05, 0.1) is 13.2 Å². The Morgan fingerprint density at radius 1 is 1.14 bits per heavy atom. The third-order valence-electron chi connectivity index (χ3n) is 4.35. The lowest BCUT2D eigenvalue weighted by Crippen LogP contribution is -2.62. The van der Waals surface area contributed by atoms with Crippen molar-refractivity contribution in [2.24, 2.45) is 11.3 Å². The number of hydrogen-bond donors (Lipinski definition) is 0. The van der Waals surface area contributed by atoms with Gasteiger partial charge in [0, 0.05) is 17.8 Å². The summed E-state index contributed by atoms with van der Waals surface area (Å²) < 4.78 is 11.7. The molecule has 1 saturated heterocycles. The van der Waals surface area contributed by atoms with Gasteiger partial charge in [-0.15, -0.1) is 12.3 Å². The first-order valence-electron chi connectivity index (χ1n) is 5.57. The Kier molecular flexibility index (Phi) is 1.72. The molecule has 0 radical (unpaired) electrons. The average molecular weight is 192 g/mol. The van der Waals surface area contributed by atoms with E-state index < -0.39 is 0 Å². The molecule has 2 saturated carbocycles. The van der Waals surface area contributed by atoms with Gasteiger partial charge in [0.2, 0.25) is 0 Å².